The summed E-state index contributed by atoms with van der Waals surface area (Å²) in [6.07, 6.45) is 8.71. The summed E-state index contributed by atoms with van der Waals surface area (Å²) >= 11 is 1.62. The summed E-state index contributed by atoms with van der Waals surface area (Å²) in [4.78, 5) is 5.46. The van der Waals surface area contributed by atoms with Crippen LogP contribution in [0.1, 0.15) is 19.0 Å². The molecular weight excluding hydrogens is 248 g/mol. The van der Waals surface area contributed by atoms with Gasteiger partial charge in [-0.15, -0.1) is 11.3 Å². The van der Waals surface area contributed by atoms with Gasteiger partial charge in [-0.05, 0) is 6.42 Å². The minimum Gasteiger partial charge on any atom is -0.484 e. The molecular formula is C12H14N4OS. The molecule has 3 aromatic rings. The highest BCUT2D eigenvalue weighted by Gasteiger charge is 2.04. The van der Waals surface area contributed by atoms with Gasteiger partial charge in [0.1, 0.15) is 6.61 Å². The molecule has 0 N–H and O–H groups in total. The third-order valence-corrected chi connectivity index (χ3v) is 3.36. The van der Waals surface area contributed by atoms with Crippen molar-refractivity contribution in [2.24, 2.45) is 0 Å². The third kappa shape index (κ3) is 2.24. The molecule has 0 aliphatic heterocycles. The Morgan fingerprint density at radius 2 is 2.33 bits per heavy atom. The van der Waals surface area contributed by atoms with Crippen molar-refractivity contribution in [3.63, 3.8) is 0 Å². The molecule has 0 aliphatic rings. The second kappa shape index (κ2) is 4.81. The Hall–Kier alpha value is -1.82. The highest BCUT2D eigenvalue weighted by Crippen LogP contribution is 2.14. The first kappa shape index (κ1) is 11.3. The zero-order valence-corrected chi connectivity index (χ0v) is 10.9. The van der Waals surface area contributed by atoms with Crippen LogP contribution in [0.5, 0.6) is 5.75 Å². The van der Waals surface area contributed by atoms with Gasteiger partial charge in [0.2, 0.25) is 0 Å². The summed E-state index contributed by atoms with van der Waals surface area (Å²) in [5.41, 5.74) is 0.935. The zero-order valence-electron chi connectivity index (χ0n) is 10.1. The maximum Gasteiger partial charge on any atom is 0.193 e. The molecule has 0 aromatic carbocycles. The number of fused-ring (bicyclic) bond motifs is 1. The Morgan fingerprint density at radius 1 is 1.39 bits per heavy atom. The first-order valence-corrected chi connectivity index (χ1v) is 6.79. The van der Waals surface area contributed by atoms with Crippen LogP contribution in [0.15, 0.2) is 30.2 Å². The molecule has 18 heavy (non-hydrogen) atoms. The summed E-state index contributed by atoms with van der Waals surface area (Å²) in [7, 11) is 0. The lowest BCUT2D eigenvalue weighted by Gasteiger charge is -1.99. The van der Waals surface area contributed by atoms with Gasteiger partial charge in [0.25, 0.3) is 0 Å². The predicted octanol–water partition coefficient (Wildman–Crippen LogP) is 2.58. The molecule has 0 saturated carbocycles. The monoisotopic (exact) mass is 262 g/mol. The number of aromatic nitrogens is 4. The van der Waals surface area contributed by atoms with Crippen LogP contribution in [0, 0.1) is 0 Å². The summed E-state index contributed by atoms with van der Waals surface area (Å²) < 4.78 is 9.56. The molecule has 3 aromatic heterocycles. The summed E-state index contributed by atoms with van der Waals surface area (Å²) in [6.45, 7) is 3.52. The molecule has 6 heteroatoms. The van der Waals surface area contributed by atoms with Gasteiger partial charge in [-0.25, -0.2) is 4.98 Å². The van der Waals surface area contributed by atoms with Crippen LogP contribution < -0.4 is 4.74 Å². The minimum absolute atomic E-state index is 0.478. The fourth-order valence-electron chi connectivity index (χ4n) is 1.77. The van der Waals surface area contributed by atoms with Crippen LogP contribution in [-0.4, -0.2) is 19.2 Å². The van der Waals surface area contributed by atoms with Gasteiger partial charge in [-0.1, -0.05) is 6.92 Å². The molecule has 0 bridgehead atoms. The van der Waals surface area contributed by atoms with E-state index in [0.717, 1.165) is 29.4 Å². The summed E-state index contributed by atoms with van der Waals surface area (Å²) in [5, 5.41) is 6.23. The smallest absolute Gasteiger partial charge is 0.193 e. The van der Waals surface area contributed by atoms with E-state index in [1.807, 2.05) is 33.1 Å². The first-order chi connectivity index (χ1) is 8.85. The molecule has 0 saturated heterocycles. The van der Waals surface area contributed by atoms with E-state index < -0.39 is 0 Å². The van der Waals surface area contributed by atoms with Crippen LogP contribution in [-0.2, 0) is 13.2 Å². The fourth-order valence-corrected chi connectivity index (χ4v) is 2.49. The van der Waals surface area contributed by atoms with Crippen LogP contribution in [0.2, 0.25) is 0 Å². The average molecular weight is 262 g/mol. The topological polar surface area (TPSA) is 44.4 Å². The highest BCUT2D eigenvalue weighted by atomic mass is 32.1. The Bertz CT molecular complexity index is 611. The van der Waals surface area contributed by atoms with Crippen molar-refractivity contribution in [3.8, 4) is 5.75 Å². The predicted molar refractivity (Wildman–Crippen MR) is 69.9 cm³/mol. The Balaban J connectivity index is 1.64. The lowest BCUT2D eigenvalue weighted by atomic mass is 10.5. The Morgan fingerprint density at radius 3 is 3.17 bits per heavy atom. The van der Waals surface area contributed by atoms with Gasteiger partial charge in [-0.2, -0.15) is 5.10 Å². The third-order valence-electron chi connectivity index (χ3n) is 2.59. The van der Waals surface area contributed by atoms with Crippen LogP contribution in [0.3, 0.4) is 0 Å². The highest BCUT2D eigenvalue weighted by molar-refractivity contribution is 7.15. The number of hydrogen-bond acceptors (Lipinski definition) is 4. The van der Waals surface area contributed by atoms with Crippen LogP contribution >= 0.6 is 11.3 Å². The largest absolute Gasteiger partial charge is 0.484 e. The van der Waals surface area contributed by atoms with Crippen LogP contribution in [0.4, 0.5) is 0 Å². The van der Waals surface area contributed by atoms with Crippen LogP contribution in [0.25, 0.3) is 4.96 Å². The zero-order chi connectivity index (χ0) is 12.4. The molecule has 0 aliphatic carbocycles. The van der Waals surface area contributed by atoms with Gasteiger partial charge < -0.3 is 4.74 Å². The summed E-state index contributed by atoms with van der Waals surface area (Å²) in [6, 6.07) is 0. The normalized spacial score (nSPS) is 11.2. The van der Waals surface area contributed by atoms with E-state index in [0.29, 0.717) is 6.61 Å². The molecule has 0 spiro atoms. The van der Waals surface area contributed by atoms with E-state index in [1.165, 1.54) is 0 Å². The molecule has 3 rings (SSSR count). The van der Waals surface area contributed by atoms with Gasteiger partial charge >= 0.3 is 0 Å². The Labute approximate surface area is 109 Å². The van der Waals surface area contributed by atoms with Crippen molar-refractivity contribution in [1.29, 1.82) is 0 Å². The quantitative estimate of drug-likeness (QED) is 0.710. The number of aryl methyl sites for hydroxylation is 1. The fraction of sp³-hybridized carbons (Fsp3) is 0.333. The van der Waals surface area contributed by atoms with E-state index in [4.69, 9.17) is 4.74 Å². The van der Waals surface area contributed by atoms with Gasteiger partial charge in [-0.3, -0.25) is 9.08 Å². The molecule has 94 valence electrons. The van der Waals surface area contributed by atoms with E-state index >= 15 is 0 Å². The second-order valence-electron chi connectivity index (χ2n) is 4.05. The van der Waals surface area contributed by atoms with E-state index in [1.54, 1.807) is 17.5 Å². The van der Waals surface area contributed by atoms with E-state index in [2.05, 4.69) is 17.0 Å². The maximum atomic E-state index is 5.66. The molecule has 0 unspecified atom stereocenters. The van der Waals surface area contributed by atoms with Crippen molar-refractivity contribution in [1.82, 2.24) is 19.2 Å². The molecule has 0 radical (unpaired) electrons. The summed E-state index contributed by atoms with van der Waals surface area (Å²) in [5.74, 6) is 0.791. The number of thiazole rings is 1. The van der Waals surface area contributed by atoms with Gasteiger partial charge in [0.15, 0.2) is 10.7 Å². The lowest BCUT2D eigenvalue weighted by Crippen LogP contribution is -1.96. The Kier molecular flexibility index (Phi) is 3.02. The number of nitrogens with zero attached hydrogens (tertiary/aromatic N) is 4. The van der Waals surface area contributed by atoms with Crippen molar-refractivity contribution in [2.75, 3.05) is 0 Å². The van der Waals surface area contributed by atoms with Crippen molar-refractivity contribution in [2.45, 2.75) is 26.5 Å². The number of rotatable bonds is 5. The molecule has 0 amide bonds. The van der Waals surface area contributed by atoms with E-state index in [9.17, 15) is 0 Å². The van der Waals surface area contributed by atoms with Crippen molar-refractivity contribution in [3.05, 3.63) is 35.9 Å². The molecule has 5 nitrogen and oxygen atoms in total. The second-order valence-corrected chi connectivity index (χ2v) is 4.93. The van der Waals surface area contributed by atoms with Gasteiger partial charge in [0, 0.05) is 24.3 Å². The van der Waals surface area contributed by atoms with Crippen molar-refractivity contribution < 1.29 is 4.74 Å². The van der Waals surface area contributed by atoms with Crippen molar-refractivity contribution >= 4 is 16.3 Å². The maximum absolute atomic E-state index is 5.66. The SMILES string of the molecule is CCCn1cc(OCc2cn3ccsc3n2)cn1. The van der Waals surface area contributed by atoms with E-state index in [-0.39, 0.29) is 0 Å². The number of imidazole rings is 1. The number of ether oxygens (including phenoxy) is 1. The lowest BCUT2D eigenvalue weighted by molar-refractivity contribution is 0.301. The van der Waals surface area contributed by atoms with Gasteiger partial charge in [0.05, 0.1) is 18.1 Å². The first-order valence-electron chi connectivity index (χ1n) is 5.91. The number of hydrogen-bond donors (Lipinski definition) is 0. The standard InChI is InChI=1S/C12H14N4OS/c1-2-3-16-8-11(6-13-16)17-9-10-7-15-4-5-18-12(15)14-10/h4-8H,2-3,9H2,1H3. The molecule has 0 fully saturated rings. The molecule has 0 atom stereocenters. The molecule has 3 heterocycles. The average Bonchev–Trinajstić information content (AvgIpc) is 3.00. The minimum atomic E-state index is 0.478.